The molecule has 0 bridgehead atoms. The third kappa shape index (κ3) is 3.15. The summed E-state index contributed by atoms with van der Waals surface area (Å²) in [5.74, 6) is 0.523. The van der Waals surface area contributed by atoms with Crippen molar-refractivity contribution in [3.63, 3.8) is 0 Å². The summed E-state index contributed by atoms with van der Waals surface area (Å²) in [6.07, 6.45) is 1.59. The third-order valence-electron chi connectivity index (χ3n) is 3.04. The predicted octanol–water partition coefficient (Wildman–Crippen LogP) is 1.72. The molecule has 21 heavy (non-hydrogen) atoms. The van der Waals surface area contributed by atoms with Crippen molar-refractivity contribution in [2.75, 3.05) is 6.54 Å². The number of H-pyrrole nitrogens is 1. The molecule has 0 aliphatic rings. The van der Waals surface area contributed by atoms with Gasteiger partial charge in [0.2, 0.25) is 10.0 Å². The highest BCUT2D eigenvalue weighted by molar-refractivity contribution is 7.89. The van der Waals surface area contributed by atoms with E-state index in [9.17, 15) is 8.42 Å². The van der Waals surface area contributed by atoms with Gasteiger partial charge >= 0.3 is 0 Å². The molecule has 0 unspecified atom stereocenters. The SMILES string of the molecule is Cc1n[nH]c(C)c1S(=O)(=O)N(CCC#N)Cc1ccco1. The molecule has 0 spiro atoms. The van der Waals surface area contributed by atoms with Gasteiger partial charge in [0.15, 0.2) is 0 Å². The molecule has 0 radical (unpaired) electrons. The van der Waals surface area contributed by atoms with E-state index in [1.807, 2.05) is 6.07 Å². The summed E-state index contributed by atoms with van der Waals surface area (Å²) in [5, 5.41) is 15.3. The van der Waals surface area contributed by atoms with E-state index in [1.165, 1.54) is 10.6 Å². The zero-order valence-corrected chi connectivity index (χ0v) is 12.6. The standard InChI is InChI=1S/C13H16N4O3S/c1-10-13(11(2)16-15-10)21(18,19)17(7-4-6-14)9-12-5-3-8-20-12/h3,5,8H,4,7,9H2,1-2H3,(H,15,16). The number of nitriles is 1. The van der Waals surface area contributed by atoms with Gasteiger partial charge in [0.05, 0.1) is 30.3 Å². The summed E-state index contributed by atoms with van der Waals surface area (Å²) in [6, 6.07) is 5.36. The Hall–Kier alpha value is -2.11. The fourth-order valence-electron chi connectivity index (χ4n) is 2.09. The highest BCUT2D eigenvalue weighted by atomic mass is 32.2. The number of rotatable bonds is 6. The summed E-state index contributed by atoms with van der Waals surface area (Å²) >= 11 is 0. The largest absolute Gasteiger partial charge is 0.468 e. The van der Waals surface area contributed by atoms with Crippen molar-refractivity contribution in [1.82, 2.24) is 14.5 Å². The van der Waals surface area contributed by atoms with E-state index in [4.69, 9.17) is 9.68 Å². The number of nitrogens with zero attached hydrogens (tertiary/aromatic N) is 3. The van der Waals surface area contributed by atoms with Crippen molar-refractivity contribution in [2.45, 2.75) is 31.7 Å². The molecule has 112 valence electrons. The Morgan fingerprint density at radius 3 is 2.76 bits per heavy atom. The summed E-state index contributed by atoms with van der Waals surface area (Å²) in [4.78, 5) is 0.159. The quantitative estimate of drug-likeness (QED) is 0.875. The van der Waals surface area contributed by atoms with E-state index < -0.39 is 10.0 Å². The molecule has 8 heteroatoms. The Morgan fingerprint density at radius 1 is 1.48 bits per heavy atom. The lowest BCUT2D eigenvalue weighted by molar-refractivity contribution is 0.368. The number of hydrogen-bond donors (Lipinski definition) is 1. The van der Waals surface area contributed by atoms with E-state index in [0.717, 1.165) is 0 Å². The Morgan fingerprint density at radius 2 is 2.24 bits per heavy atom. The van der Waals surface area contributed by atoms with Crippen LogP contribution in [-0.4, -0.2) is 29.5 Å². The van der Waals surface area contributed by atoms with Crippen LogP contribution in [0.15, 0.2) is 27.7 Å². The molecule has 2 heterocycles. The topological polar surface area (TPSA) is 103 Å². The van der Waals surface area contributed by atoms with Crippen LogP contribution in [0.25, 0.3) is 0 Å². The highest BCUT2D eigenvalue weighted by Crippen LogP contribution is 2.23. The van der Waals surface area contributed by atoms with E-state index in [0.29, 0.717) is 17.1 Å². The summed E-state index contributed by atoms with van der Waals surface area (Å²) in [7, 11) is -3.74. The first-order valence-corrected chi connectivity index (χ1v) is 7.82. The zero-order valence-electron chi connectivity index (χ0n) is 11.8. The van der Waals surface area contributed by atoms with Crippen LogP contribution < -0.4 is 0 Å². The molecule has 0 aromatic carbocycles. The zero-order chi connectivity index (χ0) is 15.5. The molecule has 1 N–H and O–H groups in total. The predicted molar refractivity (Wildman–Crippen MR) is 74.6 cm³/mol. The Kier molecular flexibility index (Phi) is 4.45. The normalized spacial score (nSPS) is 11.7. The first-order chi connectivity index (χ1) is 9.96. The van der Waals surface area contributed by atoms with Crippen molar-refractivity contribution in [3.8, 4) is 6.07 Å². The van der Waals surface area contributed by atoms with Gasteiger partial charge in [0.25, 0.3) is 0 Å². The molecule has 0 aliphatic heterocycles. The average Bonchev–Trinajstić information content (AvgIpc) is 3.04. The summed E-state index contributed by atoms with van der Waals surface area (Å²) in [5.41, 5.74) is 0.891. The Labute approximate surface area is 123 Å². The van der Waals surface area contributed by atoms with Gasteiger partial charge in [-0.25, -0.2) is 8.42 Å². The van der Waals surface area contributed by atoms with Gasteiger partial charge in [0, 0.05) is 13.0 Å². The Bertz CT molecular complexity index is 721. The molecular weight excluding hydrogens is 292 g/mol. The van der Waals surface area contributed by atoms with Crippen LogP contribution in [0, 0.1) is 25.2 Å². The van der Waals surface area contributed by atoms with E-state index in [2.05, 4.69) is 10.2 Å². The number of aromatic nitrogens is 2. The first kappa shape index (κ1) is 15.3. The van der Waals surface area contributed by atoms with Crippen LogP contribution in [0.5, 0.6) is 0 Å². The molecule has 0 aliphatic carbocycles. The molecule has 0 atom stereocenters. The second-order valence-electron chi connectivity index (χ2n) is 4.59. The minimum absolute atomic E-state index is 0.0844. The fourth-order valence-corrected chi connectivity index (χ4v) is 3.82. The number of aryl methyl sites for hydroxylation is 2. The summed E-state index contributed by atoms with van der Waals surface area (Å²) in [6.45, 7) is 3.47. The molecule has 2 rings (SSSR count). The van der Waals surface area contributed by atoms with Crippen molar-refractivity contribution in [2.24, 2.45) is 0 Å². The molecule has 0 saturated heterocycles. The second kappa shape index (κ2) is 6.11. The van der Waals surface area contributed by atoms with E-state index in [1.54, 1.807) is 26.0 Å². The lowest BCUT2D eigenvalue weighted by Crippen LogP contribution is -2.32. The van der Waals surface area contributed by atoms with Crippen LogP contribution in [0.4, 0.5) is 0 Å². The third-order valence-corrected chi connectivity index (χ3v) is 5.15. The van der Waals surface area contributed by atoms with E-state index in [-0.39, 0.29) is 24.4 Å². The molecule has 2 aromatic heterocycles. The molecular formula is C13H16N4O3S. The van der Waals surface area contributed by atoms with Gasteiger partial charge in [-0.05, 0) is 26.0 Å². The molecule has 0 amide bonds. The van der Waals surface area contributed by atoms with Gasteiger partial charge in [-0.2, -0.15) is 14.7 Å². The Balaban J connectivity index is 2.37. The molecule has 7 nitrogen and oxygen atoms in total. The monoisotopic (exact) mass is 308 g/mol. The highest BCUT2D eigenvalue weighted by Gasteiger charge is 2.30. The van der Waals surface area contributed by atoms with Crippen molar-refractivity contribution >= 4 is 10.0 Å². The van der Waals surface area contributed by atoms with Gasteiger partial charge in [-0.3, -0.25) is 5.10 Å². The maximum Gasteiger partial charge on any atom is 0.247 e. The number of hydrogen-bond acceptors (Lipinski definition) is 5. The van der Waals surface area contributed by atoms with Crippen LogP contribution in [0.1, 0.15) is 23.6 Å². The van der Waals surface area contributed by atoms with Gasteiger partial charge in [-0.15, -0.1) is 0 Å². The first-order valence-electron chi connectivity index (χ1n) is 6.38. The second-order valence-corrected chi connectivity index (χ2v) is 6.46. The van der Waals surface area contributed by atoms with Gasteiger partial charge < -0.3 is 4.42 Å². The van der Waals surface area contributed by atoms with Gasteiger partial charge in [0.1, 0.15) is 10.7 Å². The minimum Gasteiger partial charge on any atom is -0.468 e. The number of aromatic amines is 1. The van der Waals surface area contributed by atoms with Crippen molar-refractivity contribution in [1.29, 1.82) is 5.26 Å². The summed E-state index contributed by atoms with van der Waals surface area (Å²) < 4.78 is 32.0. The minimum atomic E-state index is -3.74. The van der Waals surface area contributed by atoms with Crippen LogP contribution in [0.3, 0.4) is 0 Å². The number of nitrogens with one attached hydrogen (secondary N) is 1. The molecule has 2 aromatic rings. The maximum absolute atomic E-state index is 12.8. The fraction of sp³-hybridized carbons (Fsp3) is 0.385. The van der Waals surface area contributed by atoms with Gasteiger partial charge in [-0.1, -0.05) is 0 Å². The van der Waals surface area contributed by atoms with Crippen LogP contribution in [0.2, 0.25) is 0 Å². The lowest BCUT2D eigenvalue weighted by Gasteiger charge is -2.20. The molecule has 0 fully saturated rings. The van der Waals surface area contributed by atoms with Crippen LogP contribution in [-0.2, 0) is 16.6 Å². The smallest absolute Gasteiger partial charge is 0.247 e. The number of furan rings is 1. The maximum atomic E-state index is 12.8. The average molecular weight is 308 g/mol. The molecule has 0 saturated carbocycles. The van der Waals surface area contributed by atoms with Crippen molar-refractivity contribution < 1.29 is 12.8 Å². The van der Waals surface area contributed by atoms with E-state index >= 15 is 0 Å². The van der Waals surface area contributed by atoms with Crippen LogP contribution >= 0.6 is 0 Å². The number of sulfonamides is 1. The lowest BCUT2D eigenvalue weighted by atomic mass is 10.4. The van der Waals surface area contributed by atoms with Crippen molar-refractivity contribution in [3.05, 3.63) is 35.5 Å².